The molecule has 0 unspecified atom stereocenters. The minimum absolute atomic E-state index is 0.0585. The molecule has 4 atom stereocenters. The van der Waals surface area contributed by atoms with Gasteiger partial charge in [-0.2, -0.15) is 0 Å². The quantitative estimate of drug-likeness (QED) is 0.638. The molecule has 4 heteroatoms. The normalized spacial score (nSPS) is 35.8. The van der Waals surface area contributed by atoms with Crippen molar-refractivity contribution in [1.29, 1.82) is 0 Å². The lowest BCUT2D eigenvalue weighted by Crippen LogP contribution is -2.49. The van der Waals surface area contributed by atoms with Crippen LogP contribution in [-0.2, 0) is 16.8 Å². The summed E-state index contributed by atoms with van der Waals surface area (Å²) < 4.78 is 6.94. The van der Waals surface area contributed by atoms with Gasteiger partial charge in [0.2, 0.25) is 0 Å². The molecule has 0 bridgehead atoms. The van der Waals surface area contributed by atoms with Gasteiger partial charge in [0, 0.05) is 22.6 Å². The van der Waals surface area contributed by atoms with E-state index in [-0.39, 0.29) is 5.41 Å². The van der Waals surface area contributed by atoms with E-state index in [2.05, 4.69) is 61.8 Å². The average Bonchev–Trinajstić information content (AvgIpc) is 2.96. The molecular formula is C21H27BrN2O. The third-order valence-electron chi connectivity index (χ3n) is 6.72. The van der Waals surface area contributed by atoms with Gasteiger partial charge in [-0.15, -0.1) is 0 Å². The Bertz CT molecular complexity index is 752. The third kappa shape index (κ3) is 2.33. The van der Waals surface area contributed by atoms with Crippen molar-refractivity contribution in [2.24, 2.45) is 27.2 Å². The van der Waals surface area contributed by atoms with Gasteiger partial charge in [0.1, 0.15) is 0 Å². The Morgan fingerprint density at radius 3 is 2.24 bits per heavy atom. The highest BCUT2D eigenvalue weighted by atomic mass is 79.9. The van der Waals surface area contributed by atoms with Gasteiger partial charge in [0.05, 0.1) is 17.5 Å². The van der Waals surface area contributed by atoms with Crippen molar-refractivity contribution in [1.82, 2.24) is 0 Å². The van der Waals surface area contributed by atoms with Gasteiger partial charge in [0.15, 0.2) is 5.66 Å². The van der Waals surface area contributed by atoms with E-state index in [0.717, 1.165) is 35.2 Å². The van der Waals surface area contributed by atoms with Gasteiger partial charge < -0.3 is 4.74 Å². The SMILES string of the molecule is CO[C@H]1[C@H](C)C[C@@]2(Cc3ccc(Br)cc3C23N=C(C)C(C)=N3)C[C@@H]1C. The van der Waals surface area contributed by atoms with Crippen LogP contribution in [0, 0.1) is 17.3 Å². The maximum Gasteiger partial charge on any atom is 0.182 e. The van der Waals surface area contributed by atoms with Crippen molar-refractivity contribution >= 4 is 27.4 Å². The summed E-state index contributed by atoms with van der Waals surface area (Å²) in [5.41, 5.74) is 4.49. The summed E-state index contributed by atoms with van der Waals surface area (Å²) in [5.74, 6) is 1.02. The van der Waals surface area contributed by atoms with Gasteiger partial charge in [-0.25, -0.2) is 0 Å². The van der Waals surface area contributed by atoms with Crippen molar-refractivity contribution in [3.63, 3.8) is 0 Å². The van der Waals surface area contributed by atoms with E-state index in [1.165, 1.54) is 11.1 Å². The Labute approximate surface area is 159 Å². The van der Waals surface area contributed by atoms with Gasteiger partial charge >= 0.3 is 0 Å². The van der Waals surface area contributed by atoms with Crippen LogP contribution >= 0.6 is 15.9 Å². The van der Waals surface area contributed by atoms with Crippen LogP contribution in [0.15, 0.2) is 32.7 Å². The van der Waals surface area contributed by atoms with Gasteiger partial charge in [-0.1, -0.05) is 35.8 Å². The molecule has 25 heavy (non-hydrogen) atoms. The molecule has 1 aliphatic heterocycles. The van der Waals surface area contributed by atoms with Gasteiger partial charge in [-0.3, -0.25) is 9.98 Å². The Morgan fingerprint density at radius 1 is 1.08 bits per heavy atom. The topological polar surface area (TPSA) is 34.0 Å². The van der Waals surface area contributed by atoms with E-state index in [1.54, 1.807) is 0 Å². The molecule has 2 aliphatic carbocycles. The number of aliphatic imine (C=N–C) groups is 2. The first-order valence-corrected chi connectivity index (χ1v) is 10.1. The predicted molar refractivity (Wildman–Crippen MR) is 107 cm³/mol. The first-order valence-electron chi connectivity index (χ1n) is 9.27. The molecule has 0 amide bonds. The summed E-state index contributed by atoms with van der Waals surface area (Å²) in [6.45, 7) is 8.87. The number of hydrogen-bond acceptors (Lipinski definition) is 3. The summed E-state index contributed by atoms with van der Waals surface area (Å²) in [6.07, 6.45) is 3.61. The standard InChI is InChI=1S/C21H27BrN2O/c1-12-9-20(10-13(2)19(12)25-5)11-16-6-7-17(22)8-18(16)21(20)23-14(3)15(4)24-21/h6-8,12-13,19H,9-11H2,1-5H3/t12-,13+,19+,20+. The zero-order valence-corrected chi connectivity index (χ0v) is 17.4. The van der Waals surface area contributed by atoms with E-state index in [4.69, 9.17) is 14.7 Å². The average molecular weight is 403 g/mol. The van der Waals surface area contributed by atoms with E-state index in [1.807, 2.05) is 7.11 Å². The molecule has 0 aromatic heterocycles. The number of halogens is 1. The van der Waals surface area contributed by atoms with Crippen molar-refractivity contribution in [3.8, 4) is 0 Å². The van der Waals surface area contributed by atoms with E-state index in [9.17, 15) is 0 Å². The second kappa shape index (κ2) is 5.75. The highest BCUT2D eigenvalue weighted by Crippen LogP contribution is 2.63. The maximum atomic E-state index is 5.83. The number of hydrogen-bond donors (Lipinski definition) is 0. The smallest absolute Gasteiger partial charge is 0.182 e. The third-order valence-corrected chi connectivity index (χ3v) is 7.21. The second-order valence-electron chi connectivity index (χ2n) is 8.39. The van der Waals surface area contributed by atoms with Crippen molar-refractivity contribution in [3.05, 3.63) is 33.8 Å². The fraction of sp³-hybridized carbons (Fsp3) is 0.619. The molecule has 1 fully saturated rings. The zero-order valence-electron chi connectivity index (χ0n) is 15.8. The van der Waals surface area contributed by atoms with Crippen LogP contribution in [0.2, 0.25) is 0 Å². The lowest BCUT2D eigenvalue weighted by Gasteiger charge is -2.50. The van der Waals surface area contributed by atoms with Crippen LogP contribution in [0.4, 0.5) is 0 Å². The minimum Gasteiger partial charge on any atom is -0.381 e. The van der Waals surface area contributed by atoms with Crippen LogP contribution in [-0.4, -0.2) is 24.6 Å². The molecule has 1 aromatic carbocycles. The second-order valence-corrected chi connectivity index (χ2v) is 9.30. The fourth-order valence-electron chi connectivity index (χ4n) is 5.83. The monoisotopic (exact) mass is 402 g/mol. The number of benzene rings is 1. The molecule has 1 saturated carbocycles. The van der Waals surface area contributed by atoms with Crippen LogP contribution in [0.1, 0.15) is 51.7 Å². The van der Waals surface area contributed by atoms with E-state index in [0.29, 0.717) is 17.9 Å². The Hall–Kier alpha value is -1.00. The summed E-state index contributed by atoms with van der Waals surface area (Å²) in [6, 6.07) is 6.67. The van der Waals surface area contributed by atoms with Crippen molar-refractivity contribution < 1.29 is 4.74 Å². The summed E-state index contributed by atoms with van der Waals surface area (Å²) in [4.78, 5) is 10.5. The molecule has 0 saturated heterocycles. The number of ether oxygens (including phenoxy) is 1. The van der Waals surface area contributed by atoms with Gasteiger partial charge in [0.25, 0.3) is 0 Å². The molecular weight excluding hydrogens is 376 g/mol. The maximum absolute atomic E-state index is 5.83. The first kappa shape index (κ1) is 17.4. The molecule has 0 N–H and O–H groups in total. The van der Waals surface area contributed by atoms with Gasteiger partial charge in [-0.05, 0) is 62.6 Å². The fourth-order valence-corrected chi connectivity index (χ4v) is 6.19. The molecule has 4 rings (SSSR count). The first-order chi connectivity index (χ1) is 11.8. The number of methoxy groups -OCH3 is 1. The summed E-state index contributed by atoms with van der Waals surface area (Å²) >= 11 is 3.67. The van der Waals surface area contributed by atoms with Crippen LogP contribution in [0.3, 0.4) is 0 Å². The predicted octanol–water partition coefficient (Wildman–Crippen LogP) is 5.16. The molecule has 3 nitrogen and oxygen atoms in total. The van der Waals surface area contributed by atoms with Crippen molar-refractivity contribution in [2.45, 2.75) is 58.7 Å². The highest BCUT2D eigenvalue weighted by molar-refractivity contribution is 9.10. The molecule has 134 valence electrons. The van der Waals surface area contributed by atoms with Crippen LogP contribution < -0.4 is 0 Å². The lowest BCUT2D eigenvalue weighted by atomic mass is 9.59. The number of fused-ring (bicyclic) bond motifs is 3. The highest BCUT2D eigenvalue weighted by Gasteiger charge is 2.62. The zero-order chi connectivity index (χ0) is 18.0. The minimum atomic E-state index is -0.443. The summed E-state index contributed by atoms with van der Waals surface area (Å²) in [5, 5.41) is 0. The Morgan fingerprint density at radius 2 is 1.68 bits per heavy atom. The molecule has 0 radical (unpaired) electrons. The Kier molecular flexibility index (Phi) is 4.01. The van der Waals surface area contributed by atoms with Crippen molar-refractivity contribution in [2.75, 3.05) is 7.11 Å². The molecule has 1 aromatic rings. The summed E-state index contributed by atoms with van der Waals surface area (Å²) in [7, 11) is 1.85. The van der Waals surface area contributed by atoms with E-state index >= 15 is 0 Å². The molecule has 2 spiro atoms. The van der Waals surface area contributed by atoms with E-state index < -0.39 is 5.66 Å². The largest absolute Gasteiger partial charge is 0.381 e. The number of rotatable bonds is 1. The molecule has 3 aliphatic rings. The molecule has 1 heterocycles. The Balaban J connectivity index is 1.90. The van der Waals surface area contributed by atoms with Crippen LogP contribution in [0.25, 0.3) is 0 Å². The number of nitrogens with zero attached hydrogens (tertiary/aromatic N) is 2. The van der Waals surface area contributed by atoms with Crippen LogP contribution in [0.5, 0.6) is 0 Å². The lowest BCUT2D eigenvalue weighted by molar-refractivity contribution is -0.0729.